The van der Waals surface area contributed by atoms with Crippen LogP contribution in [0.5, 0.6) is 0 Å². The molecule has 130 valence electrons. The second kappa shape index (κ2) is 5.97. The number of aromatic nitrogens is 1. The van der Waals surface area contributed by atoms with Gasteiger partial charge in [-0.25, -0.2) is 9.78 Å². The largest absolute Gasteiger partial charge is 0.468 e. The number of halogens is 3. The third-order valence-corrected chi connectivity index (χ3v) is 4.00. The summed E-state index contributed by atoms with van der Waals surface area (Å²) in [5, 5.41) is 15.2. The van der Waals surface area contributed by atoms with Gasteiger partial charge in [0.05, 0.1) is 5.60 Å². The highest BCUT2D eigenvalue weighted by atomic mass is 19.4. The molecule has 0 bridgehead atoms. The lowest BCUT2D eigenvalue weighted by Crippen LogP contribution is -2.42. The van der Waals surface area contributed by atoms with Crippen molar-refractivity contribution < 1.29 is 27.5 Å². The van der Waals surface area contributed by atoms with Gasteiger partial charge in [-0.05, 0) is 31.0 Å². The lowest BCUT2D eigenvalue weighted by molar-refractivity contribution is -0.156. The molecule has 6 nitrogen and oxygen atoms in total. The van der Waals surface area contributed by atoms with E-state index in [9.17, 15) is 23.1 Å². The summed E-state index contributed by atoms with van der Waals surface area (Å²) in [5.41, 5.74) is -0.627. The fourth-order valence-electron chi connectivity index (χ4n) is 2.76. The molecule has 0 spiro atoms. The van der Waals surface area contributed by atoms with Gasteiger partial charge in [-0.1, -0.05) is 12.8 Å². The molecule has 1 aromatic carbocycles. The number of nitrogens with one attached hydrogen (secondary N) is 2. The van der Waals surface area contributed by atoms with Crippen LogP contribution in [0.4, 0.5) is 23.7 Å². The third kappa shape index (κ3) is 3.61. The van der Waals surface area contributed by atoms with Crippen LogP contribution in [-0.4, -0.2) is 28.3 Å². The minimum atomic E-state index is -4.67. The van der Waals surface area contributed by atoms with E-state index in [1.165, 1.54) is 18.2 Å². The summed E-state index contributed by atoms with van der Waals surface area (Å²) in [6.07, 6.45) is -1.55. The number of anilines is 1. The summed E-state index contributed by atoms with van der Waals surface area (Å²) < 4.78 is 42.3. The highest BCUT2D eigenvalue weighted by Crippen LogP contribution is 2.32. The van der Waals surface area contributed by atoms with Crippen LogP contribution in [0.3, 0.4) is 0 Å². The monoisotopic (exact) mass is 343 g/mol. The number of benzene rings is 1. The highest BCUT2D eigenvalue weighted by molar-refractivity contribution is 5.91. The first-order valence-electron chi connectivity index (χ1n) is 7.50. The van der Waals surface area contributed by atoms with Crippen LogP contribution >= 0.6 is 0 Å². The molecule has 3 rings (SSSR count). The van der Waals surface area contributed by atoms with Crippen molar-refractivity contribution in [3.8, 4) is 0 Å². The summed E-state index contributed by atoms with van der Waals surface area (Å²) in [6, 6.07) is 3.46. The Balaban J connectivity index is 1.65. The first kappa shape index (κ1) is 16.6. The number of hydrogen-bond acceptors (Lipinski definition) is 4. The molecule has 9 heteroatoms. The van der Waals surface area contributed by atoms with E-state index in [-0.39, 0.29) is 23.3 Å². The van der Waals surface area contributed by atoms with Gasteiger partial charge in [0.15, 0.2) is 5.58 Å². The van der Waals surface area contributed by atoms with E-state index in [1.54, 1.807) is 0 Å². The molecule has 0 aliphatic heterocycles. The van der Waals surface area contributed by atoms with Crippen LogP contribution in [0.15, 0.2) is 22.6 Å². The molecule has 1 heterocycles. The van der Waals surface area contributed by atoms with Gasteiger partial charge in [0.25, 0.3) is 0 Å². The van der Waals surface area contributed by atoms with Gasteiger partial charge in [0, 0.05) is 12.2 Å². The molecule has 1 saturated carbocycles. The topological polar surface area (TPSA) is 87.4 Å². The fourth-order valence-corrected chi connectivity index (χ4v) is 2.76. The zero-order valence-electron chi connectivity index (χ0n) is 12.6. The first-order valence-corrected chi connectivity index (χ1v) is 7.50. The Morgan fingerprint density at radius 3 is 2.71 bits per heavy atom. The number of oxazole rings is 1. The Bertz CT molecular complexity index is 751. The third-order valence-electron chi connectivity index (χ3n) is 4.00. The van der Waals surface area contributed by atoms with E-state index in [2.05, 4.69) is 20.0 Å². The highest BCUT2D eigenvalue weighted by Gasteiger charge is 2.37. The van der Waals surface area contributed by atoms with Crippen molar-refractivity contribution >= 4 is 22.8 Å². The average Bonchev–Trinajstić information content (AvgIpc) is 3.11. The lowest BCUT2D eigenvalue weighted by Gasteiger charge is -2.22. The number of carbonyl (C=O) groups excluding carboxylic acids is 1. The van der Waals surface area contributed by atoms with Gasteiger partial charge in [-0.2, -0.15) is 13.2 Å². The maximum absolute atomic E-state index is 12.6. The molecule has 2 aromatic rings. The standard InChI is InChI=1S/C15H16F3N3O3/c16-15(17,18)12-21-10-7-9(3-4-11(10)24-12)20-13(22)19-8-14(23)5-1-2-6-14/h3-4,7,23H,1-2,5-6,8H2,(H2,19,20,22). The maximum atomic E-state index is 12.6. The first-order chi connectivity index (χ1) is 11.3. The number of urea groups is 1. The van der Waals surface area contributed by atoms with Crippen molar-refractivity contribution in [2.45, 2.75) is 37.5 Å². The molecular weight excluding hydrogens is 327 g/mol. The average molecular weight is 343 g/mol. The quantitative estimate of drug-likeness (QED) is 0.798. The van der Waals surface area contributed by atoms with Gasteiger partial charge in [-0.3, -0.25) is 0 Å². The zero-order valence-corrected chi connectivity index (χ0v) is 12.6. The van der Waals surface area contributed by atoms with Crippen LogP contribution < -0.4 is 10.6 Å². The van der Waals surface area contributed by atoms with Crippen LogP contribution in [0.25, 0.3) is 11.1 Å². The number of aliphatic hydroxyl groups is 1. The molecular formula is C15H16F3N3O3. The summed E-state index contributed by atoms with van der Waals surface area (Å²) in [6.45, 7) is 0.128. The van der Waals surface area contributed by atoms with E-state index in [4.69, 9.17) is 0 Å². The van der Waals surface area contributed by atoms with Crippen molar-refractivity contribution in [3.63, 3.8) is 0 Å². The summed E-state index contributed by atoms with van der Waals surface area (Å²) in [4.78, 5) is 15.2. The summed E-state index contributed by atoms with van der Waals surface area (Å²) in [7, 11) is 0. The molecule has 1 aliphatic carbocycles. The second-order valence-electron chi connectivity index (χ2n) is 5.94. The van der Waals surface area contributed by atoms with Gasteiger partial charge < -0.3 is 20.2 Å². The molecule has 2 amide bonds. The molecule has 0 unspecified atom stereocenters. The summed E-state index contributed by atoms with van der Waals surface area (Å²) >= 11 is 0. The van der Waals surface area contributed by atoms with Crippen LogP contribution in [0.1, 0.15) is 31.6 Å². The molecule has 1 fully saturated rings. The fraction of sp³-hybridized carbons (Fsp3) is 0.467. The molecule has 1 aromatic heterocycles. The van der Waals surface area contributed by atoms with Crippen molar-refractivity contribution in [2.75, 3.05) is 11.9 Å². The Labute approximate surface area is 135 Å². The smallest absolute Gasteiger partial charge is 0.433 e. The van der Waals surface area contributed by atoms with Crippen LogP contribution in [0, 0.1) is 0 Å². The van der Waals surface area contributed by atoms with E-state index in [1.807, 2.05) is 0 Å². The van der Waals surface area contributed by atoms with Crippen LogP contribution in [0.2, 0.25) is 0 Å². The normalized spacial score (nSPS) is 17.2. The molecule has 24 heavy (non-hydrogen) atoms. The Morgan fingerprint density at radius 2 is 2.04 bits per heavy atom. The van der Waals surface area contributed by atoms with Crippen molar-refractivity contribution in [2.24, 2.45) is 0 Å². The number of carbonyl (C=O) groups is 1. The number of rotatable bonds is 3. The van der Waals surface area contributed by atoms with Crippen molar-refractivity contribution in [1.29, 1.82) is 0 Å². The van der Waals surface area contributed by atoms with Gasteiger partial charge in [0.2, 0.25) is 0 Å². The number of alkyl halides is 3. The SMILES string of the molecule is O=C(NCC1(O)CCCC1)Nc1ccc2oc(C(F)(F)F)nc2c1. The van der Waals surface area contributed by atoms with Crippen molar-refractivity contribution in [3.05, 3.63) is 24.1 Å². The van der Waals surface area contributed by atoms with Gasteiger partial charge in [0.1, 0.15) is 5.52 Å². The minimum absolute atomic E-state index is 0.00505. The number of amides is 2. The Kier molecular flexibility index (Phi) is 4.12. The predicted molar refractivity (Wildman–Crippen MR) is 79.5 cm³/mol. The predicted octanol–water partition coefficient (Wildman–Crippen LogP) is 3.27. The lowest BCUT2D eigenvalue weighted by atomic mass is 10.0. The Morgan fingerprint density at radius 1 is 1.33 bits per heavy atom. The van der Waals surface area contributed by atoms with Gasteiger partial charge in [-0.15, -0.1) is 0 Å². The minimum Gasteiger partial charge on any atom is -0.433 e. The van der Waals surface area contributed by atoms with E-state index >= 15 is 0 Å². The van der Waals surface area contributed by atoms with Gasteiger partial charge >= 0.3 is 18.1 Å². The second-order valence-corrected chi connectivity index (χ2v) is 5.94. The summed E-state index contributed by atoms with van der Waals surface area (Å²) in [5.74, 6) is -1.33. The molecule has 0 radical (unpaired) electrons. The molecule has 0 atom stereocenters. The number of hydrogen-bond donors (Lipinski definition) is 3. The zero-order chi connectivity index (χ0) is 17.4. The molecule has 0 saturated heterocycles. The number of fused-ring (bicyclic) bond motifs is 1. The molecule has 3 N–H and O–H groups in total. The van der Waals surface area contributed by atoms with E-state index in [0.717, 1.165) is 12.8 Å². The maximum Gasteiger partial charge on any atom is 0.468 e. The van der Waals surface area contributed by atoms with E-state index < -0.39 is 23.7 Å². The number of nitrogens with zero attached hydrogens (tertiary/aromatic N) is 1. The van der Waals surface area contributed by atoms with Crippen molar-refractivity contribution in [1.82, 2.24) is 10.3 Å². The van der Waals surface area contributed by atoms with E-state index in [0.29, 0.717) is 12.8 Å². The van der Waals surface area contributed by atoms with Crippen LogP contribution in [-0.2, 0) is 6.18 Å². The molecule has 1 aliphatic rings. The Hall–Kier alpha value is -2.29.